The fourth-order valence-electron chi connectivity index (χ4n) is 3.68. The molecule has 0 radical (unpaired) electrons. The molecule has 0 fully saturated rings. The molecular weight excluding hydrogens is 531 g/mol. The number of amides is 1. The Morgan fingerprint density at radius 2 is 1.71 bits per heavy atom. The normalized spacial score (nSPS) is 10.7. The van der Waals surface area contributed by atoms with Crippen molar-refractivity contribution < 1.29 is 28.6 Å². The third-order valence-electron chi connectivity index (χ3n) is 5.42. The Bertz CT molecular complexity index is 1400. The quantitative estimate of drug-likeness (QED) is 0.233. The summed E-state index contributed by atoms with van der Waals surface area (Å²) in [6.45, 7) is 1.64. The molecule has 1 heterocycles. The van der Waals surface area contributed by atoms with E-state index in [2.05, 4.69) is 4.98 Å². The van der Waals surface area contributed by atoms with E-state index < -0.39 is 18.6 Å². The van der Waals surface area contributed by atoms with E-state index in [1.54, 1.807) is 24.3 Å². The van der Waals surface area contributed by atoms with Gasteiger partial charge in [0.1, 0.15) is 23.8 Å². The van der Waals surface area contributed by atoms with Crippen LogP contribution in [0.3, 0.4) is 0 Å². The molecule has 0 aliphatic rings. The number of carboxylic acids is 1. The van der Waals surface area contributed by atoms with Crippen LogP contribution in [-0.2, 0) is 17.8 Å². The summed E-state index contributed by atoms with van der Waals surface area (Å²) in [6.07, 6.45) is -0.320. The van der Waals surface area contributed by atoms with Crippen LogP contribution in [-0.4, -0.2) is 40.2 Å². The third-order valence-corrected chi connectivity index (χ3v) is 5.85. The molecule has 3 aromatic carbocycles. The number of hydrogen-bond acceptors (Lipinski definition) is 6. The molecule has 0 atom stereocenters. The number of aryl methyl sites for hydroxylation is 1. The minimum atomic E-state index is -1.18. The lowest BCUT2D eigenvalue weighted by atomic mass is 10.2. The summed E-state index contributed by atoms with van der Waals surface area (Å²) >= 11 is 11.9. The van der Waals surface area contributed by atoms with Crippen LogP contribution in [0.5, 0.6) is 11.5 Å². The molecule has 0 unspecified atom stereocenters. The van der Waals surface area contributed by atoms with Crippen LogP contribution in [0.25, 0.3) is 11.5 Å². The molecule has 0 bridgehead atoms. The molecule has 1 amide bonds. The minimum absolute atomic E-state index is 0.0144. The van der Waals surface area contributed by atoms with Crippen molar-refractivity contribution in [2.75, 3.05) is 13.2 Å². The molecule has 196 valence electrons. The van der Waals surface area contributed by atoms with Crippen molar-refractivity contribution in [2.24, 2.45) is 0 Å². The monoisotopic (exact) mass is 554 g/mol. The zero-order valence-electron chi connectivity index (χ0n) is 20.4. The number of carbonyl (C=O) groups is 2. The van der Waals surface area contributed by atoms with Gasteiger partial charge in [-0.2, -0.15) is 0 Å². The molecule has 38 heavy (non-hydrogen) atoms. The van der Waals surface area contributed by atoms with Gasteiger partial charge in [-0.1, -0.05) is 53.5 Å². The van der Waals surface area contributed by atoms with E-state index in [0.29, 0.717) is 30.2 Å². The molecule has 1 N–H and O–H groups in total. The Hall–Kier alpha value is -4.01. The molecule has 1 aromatic heterocycles. The number of rotatable bonds is 10. The Morgan fingerprint density at radius 1 is 0.974 bits per heavy atom. The van der Waals surface area contributed by atoms with E-state index in [1.165, 1.54) is 18.2 Å². The lowest BCUT2D eigenvalue weighted by molar-refractivity contribution is -0.138. The number of hydrogen-bond donors (Lipinski definition) is 1. The highest BCUT2D eigenvalue weighted by Crippen LogP contribution is 2.25. The van der Waals surface area contributed by atoms with E-state index in [4.69, 9.17) is 37.1 Å². The van der Waals surface area contributed by atoms with E-state index in [0.717, 1.165) is 21.9 Å². The number of oxazole rings is 1. The van der Waals surface area contributed by atoms with Crippen LogP contribution >= 0.6 is 23.2 Å². The maximum absolute atomic E-state index is 12.7. The Kier molecular flexibility index (Phi) is 8.89. The highest BCUT2D eigenvalue weighted by molar-refractivity contribution is 6.34. The average molecular weight is 555 g/mol. The second-order valence-corrected chi connectivity index (χ2v) is 9.23. The molecule has 0 spiro atoms. The van der Waals surface area contributed by atoms with Crippen molar-refractivity contribution in [2.45, 2.75) is 19.9 Å². The van der Waals surface area contributed by atoms with Gasteiger partial charge in [-0.3, -0.25) is 9.69 Å². The van der Waals surface area contributed by atoms with Gasteiger partial charge < -0.3 is 19.0 Å². The Labute approximate surface area is 229 Å². The number of halogens is 2. The first-order chi connectivity index (χ1) is 18.3. The summed E-state index contributed by atoms with van der Waals surface area (Å²) in [5.41, 5.74) is 2.36. The van der Waals surface area contributed by atoms with Crippen molar-refractivity contribution in [3.05, 3.63) is 99.9 Å². The molecule has 0 saturated heterocycles. The molecule has 0 aliphatic carbocycles. The van der Waals surface area contributed by atoms with Gasteiger partial charge in [-0.15, -0.1) is 0 Å². The standard InChI is InChI=1S/C28H24Cl2N2O6/c1-18-25(31-27(37-18)20-7-3-2-4-8-20)10-11-36-23-9-5-6-19(12-23)16-32(17-26(33)34)28(35)38-24-14-21(29)13-22(30)15-24/h2-9,12-15H,10-11,16-17H2,1H3,(H,33,34). The van der Waals surface area contributed by atoms with Gasteiger partial charge in [0.2, 0.25) is 5.89 Å². The first-order valence-electron chi connectivity index (χ1n) is 11.6. The van der Waals surface area contributed by atoms with Gasteiger partial charge in [-0.05, 0) is 55.0 Å². The zero-order chi connectivity index (χ0) is 27.1. The van der Waals surface area contributed by atoms with Crippen LogP contribution < -0.4 is 9.47 Å². The lowest BCUT2D eigenvalue weighted by Gasteiger charge is -2.20. The maximum Gasteiger partial charge on any atom is 0.416 e. The average Bonchev–Trinajstić information content (AvgIpc) is 3.24. The van der Waals surface area contributed by atoms with Gasteiger partial charge in [-0.25, -0.2) is 9.78 Å². The van der Waals surface area contributed by atoms with E-state index in [9.17, 15) is 14.7 Å². The Balaban J connectivity index is 1.38. The highest BCUT2D eigenvalue weighted by Gasteiger charge is 2.20. The summed E-state index contributed by atoms with van der Waals surface area (Å²) in [4.78, 5) is 29.8. The number of aromatic nitrogens is 1. The number of benzene rings is 3. The number of ether oxygens (including phenoxy) is 2. The third kappa shape index (κ3) is 7.50. The predicted octanol–water partition coefficient (Wildman–Crippen LogP) is 6.66. The molecule has 0 aliphatic heterocycles. The highest BCUT2D eigenvalue weighted by atomic mass is 35.5. The van der Waals surface area contributed by atoms with E-state index in [-0.39, 0.29) is 22.3 Å². The molecule has 0 saturated carbocycles. The van der Waals surface area contributed by atoms with Crippen molar-refractivity contribution in [1.29, 1.82) is 0 Å². The molecule has 10 heteroatoms. The maximum atomic E-state index is 12.7. The topological polar surface area (TPSA) is 102 Å². The van der Waals surface area contributed by atoms with Gasteiger partial charge in [0, 0.05) is 28.6 Å². The van der Waals surface area contributed by atoms with E-state index in [1.807, 2.05) is 37.3 Å². The summed E-state index contributed by atoms with van der Waals surface area (Å²) in [5, 5.41) is 9.88. The van der Waals surface area contributed by atoms with Crippen molar-refractivity contribution >= 4 is 35.3 Å². The fourth-order valence-corrected chi connectivity index (χ4v) is 4.19. The summed E-state index contributed by atoms with van der Waals surface area (Å²) in [5.74, 6) is 0.780. The van der Waals surface area contributed by atoms with Gasteiger partial charge >= 0.3 is 12.1 Å². The predicted molar refractivity (Wildman–Crippen MR) is 143 cm³/mol. The molecule has 4 rings (SSSR count). The zero-order valence-corrected chi connectivity index (χ0v) is 21.9. The first kappa shape index (κ1) is 27.0. The fraction of sp³-hybridized carbons (Fsp3) is 0.179. The second kappa shape index (κ2) is 12.5. The lowest BCUT2D eigenvalue weighted by Crippen LogP contribution is -2.37. The van der Waals surface area contributed by atoms with Crippen LogP contribution in [0, 0.1) is 6.92 Å². The van der Waals surface area contributed by atoms with Crippen molar-refractivity contribution in [3.8, 4) is 23.0 Å². The molecule has 4 aromatic rings. The number of carbonyl (C=O) groups excluding carboxylic acids is 1. The Morgan fingerprint density at radius 3 is 2.42 bits per heavy atom. The van der Waals surface area contributed by atoms with Crippen LogP contribution in [0.15, 0.2) is 77.2 Å². The van der Waals surface area contributed by atoms with Crippen molar-refractivity contribution in [3.63, 3.8) is 0 Å². The second-order valence-electron chi connectivity index (χ2n) is 8.36. The summed E-state index contributed by atoms with van der Waals surface area (Å²) < 4.78 is 17.0. The van der Waals surface area contributed by atoms with Gasteiger partial charge in [0.15, 0.2) is 0 Å². The number of aliphatic carboxylic acids is 1. The number of nitrogens with zero attached hydrogens (tertiary/aromatic N) is 2. The smallest absolute Gasteiger partial charge is 0.416 e. The van der Waals surface area contributed by atoms with Crippen LogP contribution in [0.2, 0.25) is 10.0 Å². The SMILES string of the molecule is Cc1oc(-c2ccccc2)nc1CCOc1cccc(CN(CC(=O)O)C(=O)Oc2cc(Cl)cc(Cl)c2)c1. The van der Waals surface area contributed by atoms with Crippen LogP contribution in [0.1, 0.15) is 17.0 Å². The van der Waals surface area contributed by atoms with Crippen LogP contribution in [0.4, 0.5) is 4.79 Å². The molecule has 8 nitrogen and oxygen atoms in total. The summed E-state index contributed by atoms with van der Waals surface area (Å²) in [6, 6.07) is 21.0. The largest absolute Gasteiger partial charge is 0.493 e. The van der Waals surface area contributed by atoms with Gasteiger partial charge in [0.25, 0.3) is 0 Å². The van der Waals surface area contributed by atoms with E-state index >= 15 is 0 Å². The van der Waals surface area contributed by atoms with Crippen molar-refractivity contribution in [1.82, 2.24) is 9.88 Å². The summed E-state index contributed by atoms with van der Waals surface area (Å²) in [7, 11) is 0. The first-order valence-corrected chi connectivity index (χ1v) is 12.4. The number of carboxylic acid groups (broad SMARTS) is 1. The molecular formula is C28H24Cl2N2O6. The minimum Gasteiger partial charge on any atom is -0.493 e. The van der Waals surface area contributed by atoms with Gasteiger partial charge in [0.05, 0.1) is 12.3 Å².